The number of carbonyl (C=O) groups is 1. The van der Waals surface area contributed by atoms with Crippen LogP contribution in [0, 0.1) is 5.41 Å². The fourth-order valence-electron chi connectivity index (χ4n) is 1.87. The molecule has 1 rings (SSSR count). The van der Waals surface area contributed by atoms with Crippen LogP contribution in [0.1, 0.15) is 33.6 Å². The van der Waals surface area contributed by atoms with E-state index in [0.29, 0.717) is 6.42 Å². The van der Waals surface area contributed by atoms with Crippen LogP contribution < -0.4 is 0 Å². The lowest BCUT2D eigenvalue weighted by atomic mass is 9.94. The van der Waals surface area contributed by atoms with E-state index in [-0.39, 0.29) is 24.1 Å². The van der Waals surface area contributed by atoms with E-state index < -0.39 is 28.1 Å². The number of hydrogen-bond donors (Lipinski definition) is 2. The highest BCUT2D eigenvalue weighted by atomic mass is 32.2. The first-order valence-corrected chi connectivity index (χ1v) is 7.54. The van der Waals surface area contributed by atoms with E-state index in [9.17, 15) is 18.3 Å². The lowest BCUT2D eigenvalue weighted by Gasteiger charge is -2.23. The molecule has 0 radical (unpaired) electrons. The fraction of sp³-hybridized carbons (Fsp3) is 0.909. The largest absolute Gasteiger partial charge is 0.480 e. The van der Waals surface area contributed by atoms with Gasteiger partial charge in [0.2, 0.25) is 10.0 Å². The van der Waals surface area contributed by atoms with Crippen molar-refractivity contribution < 1.29 is 23.4 Å². The zero-order valence-electron chi connectivity index (χ0n) is 11.0. The van der Waals surface area contributed by atoms with Gasteiger partial charge in [0.1, 0.15) is 6.04 Å². The minimum Gasteiger partial charge on any atom is -0.480 e. The van der Waals surface area contributed by atoms with Gasteiger partial charge in [-0.1, -0.05) is 20.8 Å². The van der Waals surface area contributed by atoms with Gasteiger partial charge in [-0.05, 0) is 11.8 Å². The molecular weight excluding hydrogens is 258 g/mol. The number of rotatable bonds is 4. The van der Waals surface area contributed by atoms with Crippen molar-refractivity contribution in [2.24, 2.45) is 5.41 Å². The van der Waals surface area contributed by atoms with Crippen LogP contribution in [0.2, 0.25) is 0 Å². The number of hydrogen-bond acceptors (Lipinski definition) is 4. The van der Waals surface area contributed by atoms with Crippen LogP contribution in [-0.4, -0.2) is 53.3 Å². The first kappa shape index (κ1) is 15.4. The van der Waals surface area contributed by atoms with E-state index in [2.05, 4.69) is 0 Å². The molecule has 1 heterocycles. The van der Waals surface area contributed by atoms with Gasteiger partial charge in [0.05, 0.1) is 11.9 Å². The minimum atomic E-state index is -3.63. The first-order chi connectivity index (χ1) is 8.03. The van der Waals surface area contributed by atoms with E-state index in [0.717, 1.165) is 4.31 Å². The molecule has 7 heteroatoms. The van der Waals surface area contributed by atoms with Crippen molar-refractivity contribution in [2.45, 2.75) is 45.8 Å². The summed E-state index contributed by atoms with van der Waals surface area (Å²) in [6.07, 6.45) is -0.478. The van der Waals surface area contributed by atoms with E-state index in [1.165, 1.54) is 0 Å². The van der Waals surface area contributed by atoms with Crippen LogP contribution >= 0.6 is 0 Å². The summed E-state index contributed by atoms with van der Waals surface area (Å²) < 4.78 is 25.1. The number of aliphatic carboxylic acids is 1. The number of sulfonamides is 1. The quantitative estimate of drug-likeness (QED) is 0.770. The molecule has 0 aromatic rings. The van der Waals surface area contributed by atoms with E-state index in [4.69, 9.17) is 5.11 Å². The van der Waals surface area contributed by atoms with E-state index in [1.54, 1.807) is 0 Å². The molecule has 18 heavy (non-hydrogen) atoms. The molecule has 2 atom stereocenters. The molecule has 2 N–H and O–H groups in total. The smallest absolute Gasteiger partial charge is 0.322 e. The summed E-state index contributed by atoms with van der Waals surface area (Å²) in [5.74, 6) is -1.29. The maximum atomic E-state index is 12.1. The van der Waals surface area contributed by atoms with Gasteiger partial charge in [0.15, 0.2) is 0 Å². The van der Waals surface area contributed by atoms with Crippen molar-refractivity contribution in [3.63, 3.8) is 0 Å². The monoisotopic (exact) mass is 279 g/mol. The summed E-state index contributed by atoms with van der Waals surface area (Å²) in [6.45, 7) is 5.66. The van der Waals surface area contributed by atoms with Gasteiger partial charge in [-0.25, -0.2) is 8.42 Å². The van der Waals surface area contributed by atoms with Gasteiger partial charge < -0.3 is 10.2 Å². The Morgan fingerprint density at radius 1 is 1.39 bits per heavy atom. The molecule has 0 aromatic carbocycles. The van der Waals surface area contributed by atoms with Crippen molar-refractivity contribution in [1.82, 2.24) is 4.31 Å². The summed E-state index contributed by atoms with van der Waals surface area (Å²) in [4.78, 5) is 11.0. The highest BCUT2D eigenvalue weighted by Crippen LogP contribution is 2.25. The third-order valence-electron chi connectivity index (χ3n) is 2.99. The van der Waals surface area contributed by atoms with Crippen LogP contribution in [0.3, 0.4) is 0 Å². The van der Waals surface area contributed by atoms with Crippen LogP contribution in [0.25, 0.3) is 0 Å². The highest BCUT2D eigenvalue weighted by Gasteiger charge is 2.42. The van der Waals surface area contributed by atoms with Gasteiger partial charge in [-0.15, -0.1) is 0 Å². The zero-order chi connectivity index (χ0) is 14.1. The molecule has 106 valence electrons. The average Bonchev–Trinajstić information content (AvgIpc) is 2.57. The number of nitrogens with zero attached hydrogens (tertiary/aromatic N) is 1. The number of carboxylic acids is 1. The second kappa shape index (κ2) is 5.14. The topological polar surface area (TPSA) is 94.9 Å². The van der Waals surface area contributed by atoms with Crippen LogP contribution in [0.5, 0.6) is 0 Å². The van der Waals surface area contributed by atoms with E-state index in [1.807, 2.05) is 20.8 Å². The predicted octanol–water partition coefficient (Wildman–Crippen LogP) is 0.272. The molecular formula is C11H21NO5S. The Balaban J connectivity index is 2.81. The molecule has 0 saturated carbocycles. The number of β-amino-alcohol motifs (C(OH)–C–C–N with tert-alkyl or cyclic N) is 1. The molecule has 0 aromatic heterocycles. The number of aliphatic hydroxyl groups is 1. The molecule has 0 unspecified atom stereocenters. The lowest BCUT2D eigenvalue weighted by molar-refractivity contribution is -0.140. The summed E-state index contributed by atoms with van der Waals surface area (Å²) in [7, 11) is -3.63. The summed E-state index contributed by atoms with van der Waals surface area (Å²) in [5, 5.41) is 18.4. The number of carboxylic acid groups (broad SMARTS) is 1. The third-order valence-corrected chi connectivity index (χ3v) is 4.82. The maximum absolute atomic E-state index is 12.1. The predicted molar refractivity (Wildman–Crippen MR) is 66.6 cm³/mol. The second-order valence-electron chi connectivity index (χ2n) is 5.94. The second-order valence-corrected chi connectivity index (χ2v) is 7.98. The Morgan fingerprint density at radius 2 is 1.94 bits per heavy atom. The molecule has 6 nitrogen and oxygen atoms in total. The molecule has 0 spiro atoms. The van der Waals surface area contributed by atoms with Crippen molar-refractivity contribution in [2.75, 3.05) is 12.3 Å². The molecule has 1 aliphatic heterocycles. The van der Waals surface area contributed by atoms with Gasteiger partial charge >= 0.3 is 5.97 Å². The van der Waals surface area contributed by atoms with E-state index >= 15 is 0 Å². The van der Waals surface area contributed by atoms with Gasteiger partial charge in [0, 0.05) is 13.0 Å². The Hall–Kier alpha value is -0.660. The summed E-state index contributed by atoms with van der Waals surface area (Å²) in [6, 6.07) is -1.13. The molecule has 0 bridgehead atoms. The average molecular weight is 279 g/mol. The van der Waals surface area contributed by atoms with Crippen LogP contribution in [0.4, 0.5) is 0 Å². The number of aliphatic hydroxyl groups excluding tert-OH is 1. The Kier molecular flexibility index (Phi) is 4.40. The third kappa shape index (κ3) is 3.93. The Morgan fingerprint density at radius 3 is 2.39 bits per heavy atom. The SMILES string of the molecule is CC(C)(C)CCS(=O)(=O)N1C[C@H](O)C[C@H]1C(=O)O. The molecule has 0 aliphatic carbocycles. The molecule has 1 aliphatic rings. The van der Waals surface area contributed by atoms with Gasteiger partial charge in [-0.3, -0.25) is 4.79 Å². The highest BCUT2D eigenvalue weighted by molar-refractivity contribution is 7.89. The maximum Gasteiger partial charge on any atom is 0.322 e. The zero-order valence-corrected chi connectivity index (χ0v) is 11.8. The Labute approximate surface area is 108 Å². The van der Waals surface area contributed by atoms with Crippen LogP contribution in [-0.2, 0) is 14.8 Å². The standard InChI is InChI=1S/C11H21NO5S/c1-11(2,3)4-5-18(16,17)12-7-8(13)6-9(12)10(14)15/h8-9,13H,4-7H2,1-3H3,(H,14,15)/t8-,9+/m1/s1. The van der Waals surface area contributed by atoms with Crippen LogP contribution in [0.15, 0.2) is 0 Å². The fourth-order valence-corrected chi connectivity index (χ4v) is 3.94. The Bertz CT molecular complexity index is 412. The van der Waals surface area contributed by atoms with Crippen molar-refractivity contribution in [1.29, 1.82) is 0 Å². The first-order valence-electron chi connectivity index (χ1n) is 5.93. The minimum absolute atomic E-state index is 0.0376. The van der Waals surface area contributed by atoms with Crippen molar-refractivity contribution in [3.05, 3.63) is 0 Å². The normalized spacial score (nSPS) is 26.4. The van der Waals surface area contributed by atoms with Gasteiger partial charge in [0.25, 0.3) is 0 Å². The van der Waals surface area contributed by atoms with Crippen molar-refractivity contribution in [3.8, 4) is 0 Å². The van der Waals surface area contributed by atoms with Crippen molar-refractivity contribution >= 4 is 16.0 Å². The molecule has 0 amide bonds. The summed E-state index contributed by atoms with van der Waals surface area (Å²) in [5.41, 5.74) is -0.135. The molecule has 1 saturated heterocycles. The summed E-state index contributed by atoms with van der Waals surface area (Å²) >= 11 is 0. The lowest BCUT2D eigenvalue weighted by Crippen LogP contribution is -2.42. The molecule has 1 fully saturated rings. The van der Waals surface area contributed by atoms with Gasteiger partial charge in [-0.2, -0.15) is 4.31 Å².